The van der Waals surface area contributed by atoms with Crippen molar-refractivity contribution in [1.29, 1.82) is 0 Å². The minimum atomic E-state index is -1.25. The number of rotatable bonds is 12. The zero-order valence-corrected chi connectivity index (χ0v) is 13.0. The number of hydrogen-bond acceptors (Lipinski definition) is 3. The first-order chi connectivity index (χ1) is 8.66. The monoisotopic (exact) mass is 276 g/mol. The Morgan fingerprint density at radius 2 is 1.44 bits per heavy atom. The van der Waals surface area contributed by atoms with Gasteiger partial charge in [0, 0.05) is 6.42 Å². The second-order valence-corrected chi connectivity index (χ2v) is 6.74. The van der Waals surface area contributed by atoms with Crippen molar-refractivity contribution in [2.45, 2.75) is 64.7 Å². The summed E-state index contributed by atoms with van der Waals surface area (Å²) < 4.78 is 15.8. The van der Waals surface area contributed by atoms with E-state index in [1.807, 2.05) is 13.6 Å². The molecule has 0 aromatic carbocycles. The highest BCUT2D eigenvalue weighted by atomic mass is 31.1. The Morgan fingerprint density at radius 3 is 1.94 bits per heavy atom. The van der Waals surface area contributed by atoms with Crippen LogP contribution in [-0.2, 0) is 14.1 Å². The predicted molar refractivity (Wildman–Crippen MR) is 78.0 cm³/mol. The van der Waals surface area contributed by atoms with Crippen molar-refractivity contribution < 1.29 is 14.1 Å². The van der Waals surface area contributed by atoms with E-state index in [1.54, 1.807) is 0 Å². The van der Waals surface area contributed by atoms with E-state index in [2.05, 4.69) is 0 Å². The third-order valence-corrected chi connectivity index (χ3v) is 4.02. The van der Waals surface area contributed by atoms with Gasteiger partial charge in [0.05, 0.1) is 14.4 Å². The van der Waals surface area contributed by atoms with Gasteiger partial charge in [-0.25, -0.2) is 0 Å². The maximum Gasteiger partial charge on any atom is 0.305 e. The molecule has 0 N–H and O–H groups in total. The molecule has 0 aromatic heterocycles. The molecule has 0 aliphatic rings. The Balaban J connectivity index is 3.07. The van der Waals surface area contributed by atoms with Gasteiger partial charge in [0.1, 0.15) is 0 Å². The molecule has 0 bridgehead atoms. The minimum absolute atomic E-state index is 0.0627. The molecule has 0 rings (SSSR count). The van der Waals surface area contributed by atoms with Crippen molar-refractivity contribution >= 4 is 13.8 Å². The summed E-state index contributed by atoms with van der Waals surface area (Å²) in [6.45, 7) is 4.17. The van der Waals surface area contributed by atoms with E-state index in [4.69, 9.17) is 4.74 Å². The zero-order valence-electron chi connectivity index (χ0n) is 12.0. The Bertz CT molecular complexity index is 229. The Labute approximate surface area is 112 Å². The summed E-state index contributed by atoms with van der Waals surface area (Å²) in [6, 6.07) is 0. The first-order valence-corrected chi connectivity index (χ1v) is 9.43. The average molecular weight is 276 g/mol. The van der Waals surface area contributed by atoms with Gasteiger partial charge in [0.25, 0.3) is 0 Å². The van der Waals surface area contributed by atoms with Gasteiger partial charge in [-0.1, -0.05) is 38.5 Å². The van der Waals surface area contributed by atoms with Gasteiger partial charge in [-0.15, -0.1) is 0 Å². The minimum Gasteiger partial charge on any atom is -0.466 e. The lowest BCUT2D eigenvalue weighted by Crippen LogP contribution is -2.03. The van der Waals surface area contributed by atoms with Gasteiger partial charge in [-0.3, -0.25) is 4.79 Å². The first kappa shape index (κ1) is 17.7. The van der Waals surface area contributed by atoms with E-state index in [0.29, 0.717) is 13.0 Å². The number of carbonyl (C=O) groups is 1. The van der Waals surface area contributed by atoms with Crippen LogP contribution in [0.1, 0.15) is 64.7 Å². The third kappa shape index (κ3) is 13.8. The summed E-state index contributed by atoms with van der Waals surface area (Å²) in [6.07, 6.45) is 10.9. The number of ether oxygens (including phenoxy) is 1. The van der Waals surface area contributed by atoms with Crippen molar-refractivity contribution in [2.24, 2.45) is 0 Å². The fraction of sp³-hybridized carbons (Fsp3) is 0.929. The van der Waals surface area contributed by atoms with Gasteiger partial charge < -0.3 is 9.30 Å². The van der Waals surface area contributed by atoms with Crippen molar-refractivity contribution in [2.75, 3.05) is 19.4 Å². The molecule has 0 spiro atoms. The van der Waals surface area contributed by atoms with E-state index in [9.17, 15) is 9.36 Å². The highest BCUT2D eigenvalue weighted by molar-refractivity contribution is 7.43. The predicted octanol–water partition coefficient (Wildman–Crippen LogP) is 4.25. The smallest absolute Gasteiger partial charge is 0.305 e. The molecule has 108 valence electrons. The largest absolute Gasteiger partial charge is 0.466 e. The van der Waals surface area contributed by atoms with Crippen LogP contribution in [0.4, 0.5) is 0 Å². The molecule has 18 heavy (non-hydrogen) atoms. The molecule has 0 saturated heterocycles. The molecule has 0 aliphatic carbocycles. The lowest BCUT2D eigenvalue weighted by Gasteiger charge is -2.02. The van der Waals surface area contributed by atoms with Crippen LogP contribution in [0.15, 0.2) is 0 Å². The second-order valence-electron chi connectivity index (χ2n) is 4.84. The molecule has 0 aromatic rings. The van der Waals surface area contributed by atoms with Crippen LogP contribution in [0.3, 0.4) is 0 Å². The Morgan fingerprint density at radius 1 is 0.944 bits per heavy atom. The summed E-state index contributed by atoms with van der Waals surface area (Å²) in [5.74, 6) is -0.0627. The third-order valence-electron chi connectivity index (χ3n) is 2.97. The molecule has 3 nitrogen and oxygen atoms in total. The molecule has 0 aliphatic heterocycles. The topological polar surface area (TPSA) is 43.4 Å². The highest BCUT2D eigenvalue weighted by Crippen LogP contribution is 2.17. The van der Waals surface area contributed by atoms with Gasteiger partial charge in [0.15, 0.2) is 0 Å². The van der Waals surface area contributed by atoms with Crippen LogP contribution in [0, 0.1) is 0 Å². The summed E-state index contributed by atoms with van der Waals surface area (Å²) >= 11 is 0. The maximum atomic E-state index is 11.1. The normalized spacial score (nSPS) is 12.3. The van der Waals surface area contributed by atoms with Crippen molar-refractivity contribution in [3.63, 3.8) is 0 Å². The van der Waals surface area contributed by atoms with Crippen LogP contribution < -0.4 is 0 Å². The quantitative estimate of drug-likeness (QED) is 0.304. The molecule has 0 heterocycles. The Kier molecular flexibility index (Phi) is 12.9. The summed E-state index contributed by atoms with van der Waals surface area (Å²) in [5, 5.41) is 0. The van der Waals surface area contributed by atoms with Crippen LogP contribution >= 0.6 is 7.80 Å². The van der Waals surface area contributed by atoms with E-state index < -0.39 is 7.80 Å². The first-order valence-electron chi connectivity index (χ1n) is 7.32. The average Bonchev–Trinajstić information content (AvgIpc) is 2.31. The van der Waals surface area contributed by atoms with Gasteiger partial charge >= 0.3 is 5.97 Å². The van der Waals surface area contributed by atoms with Crippen LogP contribution in [-0.4, -0.2) is 25.4 Å². The number of esters is 1. The summed E-state index contributed by atoms with van der Waals surface area (Å²) in [4.78, 5) is 11.1. The van der Waals surface area contributed by atoms with Crippen LogP contribution in [0.25, 0.3) is 0 Å². The van der Waals surface area contributed by atoms with E-state index >= 15 is 0 Å². The SMILES string of the molecule is CCOC(=O)CCCCCCCCCC[PH](C)=O. The molecule has 1 atom stereocenters. The molecule has 4 heteroatoms. The fourth-order valence-corrected chi connectivity index (χ4v) is 2.68. The van der Waals surface area contributed by atoms with Gasteiger partial charge in [0.2, 0.25) is 0 Å². The summed E-state index contributed by atoms with van der Waals surface area (Å²) in [5.41, 5.74) is 0. The van der Waals surface area contributed by atoms with Crippen molar-refractivity contribution in [1.82, 2.24) is 0 Å². The molecule has 0 radical (unpaired) electrons. The van der Waals surface area contributed by atoms with Crippen LogP contribution in [0.2, 0.25) is 0 Å². The van der Waals surface area contributed by atoms with Gasteiger partial charge in [-0.2, -0.15) is 0 Å². The second kappa shape index (κ2) is 13.1. The zero-order chi connectivity index (χ0) is 13.6. The Hall–Kier alpha value is -0.300. The molecule has 1 unspecified atom stereocenters. The lowest BCUT2D eigenvalue weighted by molar-refractivity contribution is -0.143. The van der Waals surface area contributed by atoms with Crippen LogP contribution in [0.5, 0.6) is 0 Å². The number of unbranched alkanes of at least 4 members (excludes halogenated alkanes) is 7. The number of carbonyl (C=O) groups excluding carboxylic acids is 1. The maximum absolute atomic E-state index is 11.1. The van der Waals surface area contributed by atoms with E-state index in [1.165, 1.54) is 32.1 Å². The van der Waals surface area contributed by atoms with Crippen molar-refractivity contribution in [3.05, 3.63) is 0 Å². The van der Waals surface area contributed by atoms with E-state index in [-0.39, 0.29) is 5.97 Å². The number of hydrogen-bond donors (Lipinski definition) is 0. The molecule has 0 fully saturated rings. The molecule has 0 saturated carbocycles. The molecular weight excluding hydrogens is 247 g/mol. The van der Waals surface area contributed by atoms with Crippen molar-refractivity contribution in [3.8, 4) is 0 Å². The highest BCUT2D eigenvalue weighted by Gasteiger charge is 2.00. The fourth-order valence-electron chi connectivity index (χ4n) is 1.94. The summed E-state index contributed by atoms with van der Waals surface area (Å²) in [7, 11) is -1.25. The molecule has 0 amide bonds. The standard InChI is InChI=1S/C14H29O3P/c1-3-17-14(15)12-10-8-6-4-5-7-9-11-13-18(2)16/h18H,3-13H2,1-2H3. The molecular formula is C14H29O3P. The lowest BCUT2D eigenvalue weighted by atomic mass is 10.1. The van der Waals surface area contributed by atoms with Gasteiger partial charge in [-0.05, 0) is 32.6 Å². The van der Waals surface area contributed by atoms with E-state index in [0.717, 1.165) is 25.4 Å².